The lowest BCUT2D eigenvalue weighted by Crippen LogP contribution is -2.39. The predicted molar refractivity (Wildman–Crippen MR) is 52.3 cm³/mol. The Hall–Kier alpha value is -1.79. The van der Waals surface area contributed by atoms with Gasteiger partial charge < -0.3 is 20.6 Å². The van der Waals surface area contributed by atoms with Gasteiger partial charge in [-0.05, 0) is 0 Å². The summed E-state index contributed by atoms with van der Waals surface area (Å²) in [5.41, 5.74) is 0. The van der Waals surface area contributed by atoms with Crippen LogP contribution in [0.15, 0.2) is 0 Å². The number of rotatable bonds is 5. The van der Waals surface area contributed by atoms with E-state index in [1.807, 2.05) is 0 Å². The van der Waals surface area contributed by atoms with E-state index in [1.165, 1.54) is 4.90 Å². The molecule has 0 aliphatic rings. The van der Waals surface area contributed by atoms with E-state index in [0.717, 1.165) is 0 Å². The number of nitrogens with zero attached hydrogens (tertiary/aromatic N) is 1. The van der Waals surface area contributed by atoms with E-state index < -0.39 is 18.5 Å². The van der Waals surface area contributed by atoms with Gasteiger partial charge in [-0.2, -0.15) is 0 Å². The molecule has 0 unspecified atom stereocenters. The van der Waals surface area contributed by atoms with Gasteiger partial charge in [-0.3, -0.25) is 9.59 Å². The fraction of sp³-hybridized carbons (Fsp3) is 0.625. The number of amides is 3. The third kappa shape index (κ3) is 7.29. The summed E-state index contributed by atoms with van der Waals surface area (Å²) in [6.07, 6.45) is 0.188. The van der Waals surface area contributed by atoms with Crippen LogP contribution in [0.2, 0.25) is 0 Å². The van der Waals surface area contributed by atoms with Crippen LogP contribution in [0.4, 0.5) is 4.79 Å². The van der Waals surface area contributed by atoms with Crippen molar-refractivity contribution in [1.29, 1.82) is 0 Å². The number of aliphatic carboxylic acids is 1. The Kier molecular flexibility index (Phi) is 5.84. The first-order chi connectivity index (χ1) is 6.93. The van der Waals surface area contributed by atoms with Gasteiger partial charge in [0.15, 0.2) is 0 Å². The van der Waals surface area contributed by atoms with Crippen LogP contribution in [-0.4, -0.2) is 55.1 Å². The predicted octanol–water partition coefficient (Wildman–Crippen LogP) is -1.15. The van der Waals surface area contributed by atoms with E-state index in [-0.39, 0.29) is 18.9 Å². The number of urea groups is 1. The molecular formula is C8H15N3O4. The number of carboxylic acids is 1. The number of carbonyl (C=O) groups excluding carboxylic acids is 2. The van der Waals surface area contributed by atoms with Gasteiger partial charge in [0, 0.05) is 27.1 Å². The molecule has 0 bridgehead atoms. The molecule has 0 aliphatic carbocycles. The molecule has 0 aromatic carbocycles. The van der Waals surface area contributed by atoms with E-state index >= 15 is 0 Å². The number of nitrogens with one attached hydrogen (secondary N) is 2. The molecule has 0 rings (SSSR count). The smallest absolute Gasteiger partial charge is 0.323 e. The van der Waals surface area contributed by atoms with Crippen LogP contribution >= 0.6 is 0 Å². The minimum absolute atomic E-state index is 0.103. The first kappa shape index (κ1) is 13.2. The zero-order valence-electron chi connectivity index (χ0n) is 8.74. The normalized spacial score (nSPS) is 9.20. The Morgan fingerprint density at radius 1 is 1.20 bits per heavy atom. The minimum atomic E-state index is -1.12. The van der Waals surface area contributed by atoms with Gasteiger partial charge in [-0.25, -0.2) is 4.79 Å². The fourth-order valence-corrected chi connectivity index (χ4v) is 0.725. The second-order valence-electron chi connectivity index (χ2n) is 3.04. The van der Waals surface area contributed by atoms with E-state index in [9.17, 15) is 14.4 Å². The quantitative estimate of drug-likeness (QED) is 0.541. The van der Waals surface area contributed by atoms with Crippen molar-refractivity contribution >= 4 is 17.9 Å². The molecule has 0 saturated heterocycles. The standard InChI is InChI=1S/C8H15N3O4/c1-11(2)6(12)3-4-9-8(15)10-5-7(13)14/h3-5H2,1-2H3,(H,13,14)(H2,9,10,15). The average Bonchev–Trinajstić information content (AvgIpc) is 2.14. The van der Waals surface area contributed by atoms with Gasteiger partial charge in [0.2, 0.25) is 5.91 Å². The summed E-state index contributed by atoms with van der Waals surface area (Å²) >= 11 is 0. The number of carbonyl (C=O) groups is 3. The minimum Gasteiger partial charge on any atom is -0.480 e. The zero-order chi connectivity index (χ0) is 11.8. The molecule has 0 saturated carbocycles. The van der Waals surface area contributed by atoms with Crippen LogP contribution in [0, 0.1) is 0 Å². The van der Waals surface area contributed by atoms with Gasteiger partial charge in [-0.1, -0.05) is 0 Å². The summed E-state index contributed by atoms with van der Waals surface area (Å²) in [6.45, 7) is -0.254. The van der Waals surface area contributed by atoms with Crippen LogP contribution in [-0.2, 0) is 9.59 Å². The monoisotopic (exact) mass is 217 g/mol. The Morgan fingerprint density at radius 2 is 1.80 bits per heavy atom. The van der Waals surface area contributed by atoms with Crippen molar-refractivity contribution < 1.29 is 19.5 Å². The number of hydrogen-bond donors (Lipinski definition) is 3. The molecule has 0 fully saturated rings. The molecule has 7 nitrogen and oxygen atoms in total. The van der Waals surface area contributed by atoms with E-state index in [1.54, 1.807) is 14.1 Å². The molecule has 7 heteroatoms. The van der Waals surface area contributed by atoms with Gasteiger partial charge in [0.05, 0.1) is 0 Å². The van der Waals surface area contributed by atoms with Gasteiger partial charge in [0.25, 0.3) is 0 Å². The number of carboxylic acid groups (broad SMARTS) is 1. The molecule has 15 heavy (non-hydrogen) atoms. The SMILES string of the molecule is CN(C)C(=O)CCNC(=O)NCC(=O)O. The second kappa shape index (κ2) is 6.63. The lowest BCUT2D eigenvalue weighted by molar-refractivity contribution is -0.135. The van der Waals surface area contributed by atoms with Crippen molar-refractivity contribution in [3.05, 3.63) is 0 Å². The highest BCUT2D eigenvalue weighted by molar-refractivity contribution is 5.80. The van der Waals surface area contributed by atoms with Crippen LogP contribution in [0.3, 0.4) is 0 Å². The Balaban J connectivity index is 3.55. The summed E-state index contributed by atoms with van der Waals surface area (Å²) in [7, 11) is 3.24. The summed E-state index contributed by atoms with van der Waals surface area (Å²) in [5.74, 6) is -1.22. The van der Waals surface area contributed by atoms with Crippen LogP contribution in [0.1, 0.15) is 6.42 Å². The molecule has 86 valence electrons. The van der Waals surface area contributed by atoms with Crippen molar-refractivity contribution in [2.24, 2.45) is 0 Å². The molecule has 0 radical (unpaired) electrons. The molecule has 3 amide bonds. The van der Waals surface area contributed by atoms with E-state index in [2.05, 4.69) is 10.6 Å². The molecular weight excluding hydrogens is 202 g/mol. The van der Waals surface area contributed by atoms with E-state index in [0.29, 0.717) is 0 Å². The first-order valence-electron chi connectivity index (χ1n) is 4.37. The van der Waals surface area contributed by atoms with Crippen LogP contribution in [0.25, 0.3) is 0 Å². The Morgan fingerprint density at radius 3 is 2.27 bits per heavy atom. The maximum Gasteiger partial charge on any atom is 0.323 e. The third-order valence-corrected chi connectivity index (χ3v) is 1.52. The Labute approximate surface area is 87.4 Å². The lowest BCUT2D eigenvalue weighted by Gasteiger charge is -2.10. The molecule has 0 heterocycles. The Bertz CT molecular complexity index is 252. The first-order valence-corrected chi connectivity index (χ1v) is 4.37. The fourth-order valence-electron chi connectivity index (χ4n) is 0.725. The van der Waals surface area contributed by atoms with Crippen molar-refractivity contribution in [2.75, 3.05) is 27.2 Å². The highest BCUT2D eigenvalue weighted by Crippen LogP contribution is 1.84. The molecule has 3 N–H and O–H groups in total. The third-order valence-electron chi connectivity index (χ3n) is 1.52. The van der Waals surface area contributed by atoms with Gasteiger partial charge in [-0.15, -0.1) is 0 Å². The van der Waals surface area contributed by atoms with Crippen molar-refractivity contribution in [2.45, 2.75) is 6.42 Å². The van der Waals surface area contributed by atoms with Crippen molar-refractivity contribution in [1.82, 2.24) is 15.5 Å². The van der Waals surface area contributed by atoms with Crippen molar-refractivity contribution in [3.8, 4) is 0 Å². The molecule has 0 aliphatic heterocycles. The summed E-state index contributed by atoms with van der Waals surface area (Å²) in [4.78, 5) is 33.4. The lowest BCUT2D eigenvalue weighted by atomic mass is 10.4. The molecule has 0 aromatic rings. The molecule has 0 spiro atoms. The van der Waals surface area contributed by atoms with Crippen LogP contribution in [0.5, 0.6) is 0 Å². The van der Waals surface area contributed by atoms with Gasteiger partial charge >= 0.3 is 12.0 Å². The second-order valence-corrected chi connectivity index (χ2v) is 3.04. The highest BCUT2D eigenvalue weighted by Gasteiger charge is 2.05. The van der Waals surface area contributed by atoms with Crippen LogP contribution < -0.4 is 10.6 Å². The molecule has 0 aromatic heterocycles. The molecule has 0 atom stereocenters. The van der Waals surface area contributed by atoms with Gasteiger partial charge in [0.1, 0.15) is 6.54 Å². The summed E-state index contributed by atoms with van der Waals surface area (Å²) in [5, 5.41) is 12.7. The summed E-state index contributed by atoms with van der Waals surface area (Å²) < 4.78 is 0. The average molecular weight is 217 g/mol. The topological polar surface area (TPSA) is 98.7 Å². The maximum absolute atomic E-state index is 11.1. The summed E-state index contributed by atoms with van der Waals surface area (Å²) in [6, 6.07) is -0.594. The maximum atomic E-state index is 11.1. The zero-order valence-corrected chi connectivity index (χ0v) is 8.74. The van der Waals surface area contributed by atoms with E-state index in [4.69, 9.17) is 5.11 Å². The van der Waals surface area contributed by atoms with Crippen molar-refractivity contribution in [3.63, 3.8) is 0 Å². The highest BCUT2D eigenvalue weighted by atomic mass is 16.4. The number of hydrogen-bond acceptors (Lipinski definition) is 3. The largest absolute Gasteiger partial charge is 0.480 e.